The number of hydrogen-bond acceptors (Lipinski definition) is 8. The highest BCUT2D eigenvalue weighted by Gasteiger charge is 2.50. The van der Waals surface area contributed by atoms with Gasteiger partial charge in [0.1, 0.15) is 35.9 Å². The lowest BCUT2D eigenvalue weighted by atomic mass is 9.94. The molecule has 4 rings (SSSR count). The molecule has 6 nitrogen and oxygen atoms in total. The Bertz CT molecular complexity index is 976. The number of thiol groups is 1. The Morgan fingerprint density at radius 1 is 1.00 bits per heavy atom. The molecular formula is C28H38N2O4S3. The molecule has 1 unspecified atom stereocenters. The third kappa shape index (κ3) is 7.91. The van der Waals surface area contributed by atoms with Gasteiger partial charge in [0, 0.05) is 14.1 Å². The third-order valence-electron chi connectivity index (χ3n) is 6.59. The number of hydrogen-bond donors (Lipinski definition) is 2. The molecule has 1 N–H and O–H groups in total. The number of aliphatic hydroxyl groups excluding tert-OH is 1. The number of benzene rings is 2. The van der Waals surface area contributed by atoms with Crippen molar-refractivity contribution >= 4 is 42.0 Å². The van der Waals surface area contributed by atoms with Gasteiger partial charge in [-0.05, 0) is 36.0 Å². The van der Waals surface area contributed by atoms with Gasteiger partial charge in [-0.1, -0.05) is 60.7 Å². The van der Waals surface area contributed by atoms with Crippen LogP contribution in [0.25, 0.3) is 0 Å². The van der Waals surface area contributed by atoms with Gasteiger partial charge < -0.3 is 24.2 Å². The summed E-state index contributed by atoms with van der Waals surface area (Å²) in [6.45, 7) is 2.75. The monoisotopic (exact) mass is 562 g/mol. The van der Waals surface area contributed by atoms with Gasteiger partial charge in [-0.15, -0.1) is 36.2 Å². The van der Waals surface area contributed by atoms with E-state index in [1.165, 1.54) is 0 Å². The quantitative estimate of drug-likeness (QED) is 0.261. The van der Waals surface area contributed by atoms with Crippen molar-refractivity contribution in [1.82, 2.24) is 4.90 Å². The van der Waals surface area contributed by atoms with E-state index in [0.717, 1.165) is 34.9 Å². The van der Waals surface area contributed by atoms with Gasteiger partial charge in [-0.25, -0.2) is 0 Å². The van der Waals surface area contributed by atoms with Gasteiger partial charge in [-0.3, -0.25) is 4.99 Å². The number of ether oxygens (including phenoxy) is 3. The topological polar surface area (TPSA) is 63.5 Å². The summed E-state index contributed by atoms with van der Waals surface area (Å²) in [5.74, 6) is 2.91. The summed E-state index contributed by atoms with van der Waals surface area (Å²) in [5, 5.41) is 11.6. The van der Waals surface area contributed by atoms with Crippen LogP contribution >= 0.6 is 36.2 Å². The van der Waals surface area contributed by atoms with Gasteiger partial charge >= 0.3 is 0 Å². The summed E-state index contributed by atoms with van der Waals surface area (Å²) in [6, 6.07) is 19.7. The summed E-state index contributed by atoms with van der Waals surface area (Å²) in [7, 11) is 3.92. The van der Waals surface area contributed by atoms with Crippen molar-refractivity contribution in [3.05, 3.63) is 71.8 Å². The molecule has 0 aromatic heterocycles. The minimum atomic E-state index is -0.728. The first-order chi connectivity index (χ1) is 17.9. The zero-order valence-corrected chi connectivity index (χ0v) is 24.2. The second kappa shape index (κ2) is 14.3. The van der Waals surface area contributed by atoms with E-state index in [4.69, 9.17) is 31.8 Å². The van der Waals surface area contributed by atoms with Crippen molar-refractivity contribution in [3.63, 3.8) is 0 Å². The van der Waals surface area contributed by atoms with Crippen molar-refractivity contribution < 1.29 is 19.3 Å². The molecule has 0 aliphatic carbocycles. The van der Waals surface area contributed by atoms with E-state index in [1.54, 1.807) is 23.5 Å². The third-order valence-corrected chi connectivity index (χ3v) is 10.1. The summed E-state index contributed by atoms with van der Waals surface area (Å²) in [6.07, 6.45) is -1.17. The Morgan fingerprint density at radius 2 is 1.54 bits per heavy atom. The van der Waals surface area contributed by atoms with E-state index in [-0.39, 0.29) is 4.58 Å². The van der Waals surface area contributed by atoms with Crippen LogP contribution in [-0.4, -0.2) is 81.9 Å². The minimum absolute atomic E-state index is 0.0143. The molecular weight excluding hydrogens is 525 g/mol. The van der Waals surface area contributed by atoms with E-state index in [2.05, 4.69) is 0 Å². The van der Waals surface area contributed by atoms with Crippen LogP contribution in [0.1, 0.15) is 24.5 Å². The van der Waals surface area contributed by atoms with Crippen LogP contribution in [0.3, 0.4) is 0 Å². The van der Waals surface area contributed by atoms with Gasteiger partial charge in [0.05, 0.1) is 23.6 Å². The van der Waals surface area contributed by atoms with Crippen LogP contribution in [0.5, 0.6) is 0 Å². The highest BCUT2D eigenvalue weighted by Crippen LogP contribution is 2.39. The van der Waals surface area contributed by atoms with Crippen molar-refractivity contribution in [3.8, 4) is 0 Å². The first-order valence-electron chi connectivity index (χ1n) is 12.7. The van der Waals surface area contributed by atoms with E-state index in [1.807, 2.05) is 86.6 Å². The Balaban J connectivity index is 1.65. The molecule has 0 radical (unpaired) electrons. The number of aliphatic imine (C=N–C) groups is 1. The lowest BCUT2D eigenvalue weighted by Gasteiger charge is -2.46. The molecule has 202 valence electrons. The lowest BCUT2D eigenvalue weighted by molar-refractivity contribution is -0.219. The van der Waals surface area contributed by atoms with Crippen LogP contribution in [0, 0.1) is 0 Å². The van der Waals surface area contributed by atoms with Gasteiger partial charge in [0.25, 0.3) is 0 Å². The Labute approximate surface area is 235 Å². The maximum absolute atomic E-state index is 11.6. The van der Waals surface area contributed by atoms with E-state index in [0.29, 0.717) is 13.2 Å². The first-order valence-corrected chi connectivity index (χ1v) is 15.3. The summed E-state index contributed by atoms with van der Waals surface area (Å²) < 4.78 is 19.6. The first kappa shape index (κ1) is 28.8. The average molecular weight is 563 g/mol. The van der Waals surface area contributed by atoms with Crippen molar-refractivity contribution in [2.45, 2.75) is 67.0 Å². The Hall–Kier alpha value is -1.20. The predicted molar refractivity (Wildman–Crippen MR) is 158 cm³/mol. The van der Waals surface area contributed by atoms with Gasteiger partial charge in [0.15, 0.2) is 0 Å². The summed E-state index contributed by atoms with van der Waals surface area (Å²) >= 11 is 8.40. The van der Waals surface area contributed by atoms with E-state index < -0.39 is 35.9 Å². The molecule has 2 aliphatic rings. The molecule has 2 saturated heterocycles. The average Bonchev–Trinajstić information content (AvgIpc) is 2.93. The van der Waals surface area contributed by atoms with Crippen LogP contribution in [0.2, 0.25) is 0 Å². The number of thioether (sulfide) groups is 2. The molecule has 6 atom stereocenters. The zero-order chi connectivity index (χ0) is 26.2. The van der Waals surface area contributed by atoms with Crippen molar-refractivity contribution in [2.24, 2.45) is 4.99 Å². The fraction of sp³-hybridized carbons (Fsp3) is 0.536. The highest BCUT2D eigenvalue weighted by molar-refractivity contribution is 8.17. The number of nitrogens with zero attached hydrogens (tertiary/aromatic N) is 2. The molecule has 0 spiro atoms. The fourth-order valence-electron chi connectivity index (χ4n) is 4.38. The highest BCUT2D eigenvalue weighted by atomic mass is 32.2. The summed E-state index contributed by atoms with van der Waals surface area (Å²) in [4.78, 5) is 6.93. The Kier molecular flexibility index (Phi) is 11.1. The van der Waals surface area contributed by atoms with E-state index >= 15 is 0 Å². The second-order valence-electron chi connectivity index (χ2n) is 9.53. The number of amidine groups is 1. The molecule has 37 heavy (non-hydrogen) atoms. The largest absolute Gasteiger partial charge is 0.388 e. The second-order valence-corrected chi connectivity index (χ2v) is 12.8. The molecule has 9 heteroatoms. The maximum atomic E-state index is 11.6. The molecule has 2 fully saturated rings. The van der Waals surface area contributed by atoms with Crippen LogP contribution < -0.4 is 0 Å². The molecule has 2 aromatic carbocycles. The number of rotatable bonds is 9. The Morgan fingerprint density at radius 3 is 2.08 bits per heavy atom. The van der Waals surface area contributed by atoms with Crippen LogP contribution in [-0.2, 0) is 27.4 Å². The molecule has 0 saturated carbocycles. The smallest absolute Gasteiger partial charge is 0.126 e. The fourth-order valence-corrected chi connectivity index (χ4v) is 7.69. The standard InChI is InChI=1S/C28H38N2O4S3/c1-19(30(2)3)29-22-24(32-17-20-11-6-4-7-12-20)26(33-18-21-13-8-5-9-14-21)25(34-27(22)35)23(31)28-36-15-10-16-37-28/h4-9,11-14,22-28,31,35H,10,15-18H2,1-3H3/t22-,23?,24-,25-,26+,27-/m1/s1. The summed E-state index contributed by atoms with van der Waals surface area (Å²) in [5.41, 5.74) is 1.57. The van der Waals surface area contributed by atoms with Crippen LogP contribution in [0.4, 0.5) is 0 Å². The minimum Gasteiger partial charge on any atom is -0.388 e. The van der Waals surface area contributed by atoms with Gasteiger partial charge in [0.2, 0.25) is 0 Å². The maximum Gasteiger partial charge on any atom is 0.126 e. The van der Waals surface area contributed by atoms with Gasteiger partial charge in [-0.2, -0.15) is 0 Å². The SMILES string of the molecule is CC(=N[C@@H]1[C@@H](OCc2ccccc2)[C@H](OCc2ccccc2)[C@@H](C(O)C2SCCCS2)O[C@@H]1S)N(C)C. The molecule has 0 bridgehead atoms. The number of aliphatic hydroxyl groups is 1. The molecule has 2 aliphatic heterocycles. The van der Waals surface area contributed by atoms with Crippen molar-refractivity contribution in [2.75, 3.05) is 25.6 Å². The zero-order valence-electron chi connectivity index (χ0n) is 21.7. The predicted octanol–water partition coefficient (Wildman–Crippen LogP) is 4.72. The van der Waals surface area contributed by atoms with Crippen molar-refractivity contribution in [1.29, 1.82) is 0 Å². The normalized spacial score (nSPS) is 28.1. The molecule has 0 amide bonds. The van der Waals surface area contributed by atoms with E-state index in [9.17, 15) is 5.11 Å². The molecule has 2 aromatic rings. The lowest BCUT2D eigenvalue weighted by Crippen LogP contribution is -2.62. The van der Waals surface area contributed by atoms with Crippen LogP contribution in [0.15, 0.2) is 65.7 Å². The molecule has 2 heterocycles.